The van der Waals surface area contributed by atoms with Gasteiger partial charge in [0.15, 0.2) is 0 Å². The number of fused-ring (bicyclic) bond motifs is 2. The van der Waals surface area contributed by atoms with Crippen molar-refractivity contribution in [3.8, 4) is 0 Å². The van der Waals surface area contributed by atoms with Gasteiger partial charge < -0.3 is 5.73 Å². The molecule has 4 rings (SSSR count). The molecule has 0 spiro atoms. The molecule has 2 heterocycles. The van der Waals surface area contributed by atoms with Gasteiger partial charge in [-0.05, 0) is 55.8 Å². The van der Waals surface area contributed by atoms with Crippen LogP contribution >= 0.6 is 0 Å². The molecule has 0 unspecified atom stereocenters. The number of anilines is 1. The number of hydrogen-bond donors (Lipinski definition) is 1. The summed E-state index contributed by atoms with van der Waals surface area (Å²) in [6.45, 7) is 3.29. The van der Waals surface area contributed by atoms with Gasteiger partial charge in [-0.2, -0.15) is 0 Å². The van der Waals surface area contributed by atoms with Gasteiger partial charge in [0.2, 0.25) is 0 Å². The van der Waals surface area contributed by atoms with Crippen LogP contribution in [0, 0.1) is 37.1 Å². The molecule has 6 nitrogen and oxygen atoms in total. The Morgan fingerprint density at radius 3 is 1.83 bits per heavy atom. The molecule has 2 N–H and O–H groups in total. The van der Waals surface area contributed by atoms with Crippen LogP contribution < -0.4 is 5.73 Å². The largest absolute Gasteiger partial charge is 0.398 e. The first-order chi connectivity index (χ1) is 14.2. The van der Waals surface area contributed by atoms with Crippen LogP contribution in [0.3, 0.4) is 0 Å². The molecule has 0 fully saturated rings. The monoisotopic (exact) mass is 414 g/mol. The van der Waals surface area contributed by atoms with Crippen molar-refractivity contribution in [3.05, 3.63) is 81.5 Å². The van der Waals surface area contributed by atoms with Gasteiger partial charge >= 0.3 is 0 Å². The summed E-state index contributed by atoms with van der Waals surface area (Å²) in [4.78, 5) is 10.4. The number of pyridine rings is 2. The van der Waals surface area contributed by atoms with Gasteiger partial charge in [-0.1, -0.05) is 5.11 Å². The number of benzene rings is 2. The van der Waals surface area contributed by atoms with Crippen LogP contribution in [0.4, 0.5) is 28.9 Å². The van der Waals surface area contributed by atoms with Gasteiger partial charge in [0.1, 0.15) is 34.3 Å². The van der Waals surface area contributed by atoms with Gasteiger partial charge in [0.25, 0.3) is 0 Å². The lowest BCUT2D eigenvalue weighted by Gasteiger charge is -2.04. The summed E-state index contributed by atoms with van der Waals surface area (Å²) in [6, 6.07) is 6.99. The van der Waals surface area contributed by atoms with Crippen LogP contribution in [0.25, 0.3) is 32.2 Å². The summed E-state index contributed by atoms with van der Waals surface area (Å²) >= 11 is 0. The smallest absolute Gasteiger partial charge is 0.149 e. The summed E-state index contributed by atoms with van der Waals surface area (Å²) in [5.74, 6) is -2.41. The predicted octanol–water partition coefficient (Wildman–Crippen LogP) is 6.17. The number of aryl methyl sites for hydroxylation is 2. The maximum absolute atomic E-state index is 13.5. The maximum atomic E-state index is 13.5. The normalized spacial score (nSPS) is 10.5. The molecular weight excluding hydrogens is 400 g/mol. The number of nitrogens with two attached hydrogens (primary N) is 1. The molecule has 152 valence electrons. The molecule has 0 radical (unpaired) electrons. The topological polar surface area (TPSA) is 101 Å². The standard InChI is InChI=1S/C10H6F2N4.C10H8F2N2/c1-5-4-8(15-16-13)9-6(11)2-3-7(12)10(9)14-5;1-5-4-8(13)9-6(11)2-3-7(12)10(9)14-5/h2-4H,1H3;2-4H,1H3,(H2,13,14). The van der Waals surface area contributed by atoms with Crippen molar-refractivity contribution in [3.63, 3.8) is 0 Å². The van der Waals surface area contributed by atoms with Crippen molar-refractivity contribution in [2.75, 3.05) is 5.73 Å². The number of halogens is 4. The minimum Gasteiger partial charge on any atom is -0.398 e. The molecule has 0 aliphatic rings. The number of hydrogen-bond acceptors (Lipinski definition) is 4. The van der Waals surface area contributed by atoms with E-state index in [1.54, 1.807) is 13.8 Å². The number of rotatable bonds is 1. The van der Waals surface area contributed by atoms with Crippen molar-refractivity contribution in [1.29, 1.82) is 0 Å². The van der Waals surface area contributed by atoms with Crippen molar-refractivity contribution in [2.45, 2.75) is 13.8 Å². The average Bonchev–Trinajstić information content (AvgIpc) is 2.68. The molecule has 0 amide bonds. The molecule has 0 atom stereocenters. The molecule has 10 heteroatoms. The predicted molar refractivity (Wildman–Crippen MR) is 106 cm³/mol. The zero-order valence-electron chi connectivity index (χ0n) is 15.8. The number of nitrogens with zero attached hydrogens (tertiary/aromatic N) is 5. The number of aromatic nitrogens is 2. The Hall–Kier alpha value is -3.91. The van der Waals surface area contributed by atoms with E-state index >= 15 is 0 Å². The highest BCUT2D eigenvalue weighted by Crippen LogP contribution is 2.30. The zero-order chi connectivity index (χ0) is 22.0. The van der Waals surface area contributed by atoms with E-state index < -0.39 is 23.3 Å². The first kappa shape index (κ1) is 20.8. The van der Waals surface area contributed by atoms with E-state index in [4.69, 9.17) is 11.3 Å². The fourth-order valence-corrected chi connectivity index (χ4v) is 2.93. The SMILES string of the molecule is Cc1cc(N)c2c(F)ccc(F)c2n1.Cc1cc(N=[N+]=[N-])c2c(F)ccc(F)c2n1. The lowest BCUT2D eigenvalue weighted by atomic mass is 10.1. The second-order valence-electron chi connectivity index (χ2n) is 6.33. The van der Waals surface area contributed by atoms with Gasteiger partial charge in [-0.15, -0.1) is 0 Å². The van der Waals surface area contributed by atoms with Crippen LogP contribution in [0.15, 0.2) is 41.5 Å². The van der Waals surface area contributed by atoms with Crippen LogP contribution in [0.5, 0.6) is 0 Å². The highest BCUT2D eigenvalue weighted by atomic mass is 19.1. The summed E-state index contributed by atoms with van der Waals surface area (Å²) in [6.07, 6.45) is 0. The Kier molecular flexibility index (Phi) is 5.70. The van der Waals surface area contributed by atoms with E-state index in [0.29, 0.717) is 11.4 Å². The lowest BCUT2D eigenvalue weighted by Crippen LogP contribution is -1.96. The van der Waals surface area contributed by atoms with Gasteiger partial charge in [-0.3, -0.25) is 0 Å². The molecule has 4 aromatic rings. The van der Waals surface area contributed by atoms with Crippen LogP contribution in [-0.4, -0.2) is 9.97 Å². The summed E-state index contributed by atoms with van der Waals surface area (Å²) in [5, 5.41) is 3.29. The van der Waals surface area contributed by atoms with Crippen molar-refractivity contribution >= 4 is 33.2 Å². The van der Waals surface area contributed by atoms with Gasteiger partial charge in [-0.25, -0.2) is 27.5 Å². The second-order valence-corrected chi connectivity index (χ2v) is 6.33. The zero-order valence-corrected chi connectivity index (χ0v) is 15.8. The number of azide groups is 1. The Labute approximate surface area is 167 Å². The highest BCUT2D eigenvalue weighted by Gasteiger charge is 2.12. The van der Waals surface area contributed by atoms with E-state index in [9.17, 15) is 17.6 Å². The van der Waals surface area contributed by atoms with Gasteiger partial charge in [0.05, 0.1) is 11.1 Å². The summed E-state index contributed by atoms with van der Waals surface area (Å²) in [7, 11) is 0. The Bertz CT molecular complexity index is 1330. The first-order valence-electron chi connectivity index (χ1n) is 8.54. The van der Waals surface area contributed by atoms with E-state index in [2.05, 4.69) is 20.0 Å². The third-order valence-corrected chi connectivity index (χ3v) is 4.14. The molecule has 0 saturated heterocycles. The van der Waals surface area contributed by atoms with E-state index in [1.165, 1.54) is 12.1 Å². The van der Waals surface area contributed by atoms with E-state index in [-0.39, 0.29) is 33.2 Å². The van der Waals surface area contributed by atoms with Crippen molar-refractivity contribution in [2.24, 2.45) is 5.11 Å². The number of nitrogen functional groups attached to an aromatic ring is 1. The summed E-state index contributed by atoms with van der Waals surface area (Å²) in [5.41, 5.74) is 15.1. The average molecular weight is 414 g/mol. The Morgan fingerprint density at radius 2 is 1.27 bits per heavy atom. The molecular formula is C20H14F4N6. The lowest BCUT2D eigenvalue weighted by molar-refractivity contribution is 0.615. The van der Waals surface area contributed by atoms with Gasteiger partial charge in [0, 0.05) is 27.4 Å². The van der Waals surface area contributed by atoms with Crippen molar-refractivity contribution < 1.29 is 17.6 Å². The van der Waals surface area contributed by atoms with E-state index in [1.807, 2.05) is 0 Å². The molecule has 2 aromatic carbocycles. The van der Waals surface area contributed by atoms with Crippen LogP contribution in [0.1, 0.15) is 11.4 Å². The first-order valence-corrected chi connectivity index (χ1v) is 8.54. The highest BCUT2D eigenvalue weighted by molar-refractivity contribution is 5.91. The fourth-order valence-electron chi connectivity index (χ4n) is 2.93. The second kappa shape index (κ2) is 8.22. The minimum absolute atomic E-state index is 0.0116. The third-order valence-electron chi connectivity index (χ3n) is 4.14. The molecule has 2 aromatic heterocycles. The van der Waals surface area contributed by atoms with Crippen molar-refractivity contribution in [1.82, 2.24) is 9.97 Å². The quantitative estimate of drug-likeness (QED) is 0.174. The molecule has 0 aliphatic heterocycles. The molecule has 0 bridgehead atoms. The molecule has 0 saturated carbocycles. The third kappa shape index (κ3) is 3.94. The maximum Gasteiger partial charge on any atom is 0.149 e. The summed E-state index contributed by atoms with van der Waals surface area (Å²) < 4.78 is 53.4. The Morgan fingerprint density at radius 1 is 0.800 bits per heavy atom. The Balaban J connectivity index is 0.000000172. The van der Waals surface area contributed by atoms with E-state index in [0.717, 1.165) is 24.3 Å². The molecule has 30 heavy (non-hydrogen) atoms. The minimum atomic E-state index is -0.661. The van der Waals surface area contributed by atoms with Crippen LogP contribution in [0.2, 0.25) is 0 Å². The van der Waals surface area contributed by atoms with Crippen LogP contribution in [-0.2, 0) is 0 Å². The fraction of sp³-hybridized carbons (Fsp3) is 0.100. The molecule has 0 aliphatic carbocycles.